The summed E-state index contributed by atoms with van der Waals surface area (Å²) in [5.41, 5.74) is -0.894. The Balaban J connectivity index is 1.75. The summed E-state index contributed by atoms with van der Waals surface area (Å²) in [7, 11) is 2.77. The molecule has 4 rings (SSSR count). The lowest BCUT2D eigenvalue weighted by atomic mass is 9.89. The molecule has 3 heterocycles. The average Bonchev–Trinajstić information content (AvgIpc) is 3.29. The zero-order valence-corrected chi connectivity index (χ0v) is 20.7. The van der Waals surface area contributed by atoms with Gasteiger partial charge in [-0.1, -0.05) is 25.2 Å². The molecule has 0 saturated carbocycles. The van der Waals surface area contributed by atoms with E-state index in [4.69, 9.17) is 18.9 Å². The Morgan fingerprint density at radius 2 is 1.89 bits per heavy atom. The molecular formula is C23H23F3N4O5S. The molecule has 2 aromatic heterocycles. The number of anilines is 1. The number of benzene rings is 1. The topological polar surface area (TPSA) is 105 Å². The van der Waals surface area contributed by atoms with Crippen LogP contribution >= 0.6 is 11.3 Å². The third-order valence-corrected chi connectivity index (χ3v) is 6.94. The molecule has 3 aromatic rings. The lowest BCUT2D eigenvalue weighted by Crippen LogP contribution is -2.34. The first-order valence-corrected chi connectivity index (χ1v) is 11.7. The standard InChI is InChI=1S/C23H23F3N4O5S/c1-5-22(6-2)17-16(13-8-7-12(23(24,25)26)9-14(13)35-22)29-21(36-17)30-18(31)15-19(33-4)27-10-28-20(15)34-11-32-3/h7-10H,5-6,11H2,1-4H3,(H,29,30,31). The fraction of sp³-hybridized carbons (Fsp3) is 0.391. The Morgan fingerprint density at radius 3 is 2.53 bits per heavy atom. The number of alkyl halides is 3. The highest BCUT2D eigenvalue weighted by atomic mass is 32.1. The number of hydrogen-bond donors (Lipinski definition) is 1. The largest absolute Gasteiger partial charge is 0.481 e. The zero-order valence-electron chi connectivity index (χ0n) is 19.9. The van der Waals surface area contributed by atoms with Gasteiger partial charge in [0.25, 0.3) is 5.91 Å². The van der Waals surface area contributed by atoms with Gasteiger partial charge < -0.3 is 18.9 Å². The third-order valence-electron chi connectivity index (χ3n) is 5.78. The predicted molar refractivity (Wildman–Crippen MR) is 124 cm³/mol. The van der Waals surface area contributed by atoms with Crippen molar-refractivity contribution in [2.24, 2.45) is 0 Å². The van der Waals surface area contributed by atoms with Gasteiger partial charge in [-0.2, -0.15) is 13.2 Å². The number of aromatic nitrogens is 3. The van der Waals surface area contributed by atoms with Crippen LogP contribution in [-0.4, -0.2) is 41.9 Å². The molecule has 13 heteroatoms. The number of nitrogens with zero attached hydrogens (tertiary/aromatic N) is 3. The van der Waals surface area contributed by atoms with E-state index < -0.39 is 23.2 Å². The van der Waals surface area contributed by atoms with E-state index in [1.165, 1.54) is 38.0 Å². The van der Waals surface area contributed by atoms with E-state index in [0.717, 1.165) is 12.1 Å². The van der Waals surface area contributed by atoms with Gasteiger partial charge in [-0.05, 0) is 31.0 Å². The third kappa shape index (κ3) is 4.55. The number of ether oxygens (including phenoxy) is 4. The van der Waals surface area contributed by atoms with Crippen molar-refractivity contribution >= 4 is 22.4 Å². The molecule has 0 saturated heterocycles. The molecule has 0 radical (unpaired) electrons. The van der Waals surface area contributed by atoms with Crippen LogP contribution in [0.5, 0.6) is 17.5 Å². The minimum absolute atomic E-state index is 0.0141. The highest BCUT2D eigenvalue weighted by Crippen LogP contribution is 2.52. The second-order valence-corrected chi connectivity index (χ2v) is 8.78. The lowest BCUT2D eigenvalue weighted by molar-refractivity contribution is -0.137. The second-order valence-electron chi connectivity index (χ2n) is 7.78. The first kappa shape index (κ1) is 25.6. The van der Waals surface area contributed by atoms with Crippen LogP contribution in [0.2, 0.25) is 0 Å². The van der Waals surface area contributed by atoms with Crippen LogP contribution in [0.25, 0.3) is 11.3 Å². The quantitative estimate of drug-likeness (QED) is 0.398. The molecule has 1 aliphatic rings. The smallest absolute Gasteiger partial charge is 0.416 e. The predicted octanol–water partition coefficient (Wildman–Crippen LogP) is 5.27. The van der Waals surface area contributed by atoms with Gasteiger partial charge in [-0.25, -0.2) is 15.0 Å². The summed E-state index contributed by atoms with van der Waals surface area (Å²) >= 11 is 1.19. The van der Waals surface area contributed by atoms with Crippen LogP contribution in [0.15, 0.2) is 24.5 Å². The number of rotatable bonds is 8. The van der Waals surface area contributed by atoms with Crippen LogP contribution in [0.1, 0.15) is 47.5 Å². The fourth-order valence-corrected chi connectivity index (χ4v) is 5.15. The maximum absolute atomic E-state index is 13.3. The van der Waals surface area contributed by atoms with Crippen molar-refractivity contribution in [3.05, 3.63) is 40.5 Å². The molecule has 1 aliphatic heterocycles. The number of carbonyl (C=O) groups excluding carboxylic acids is 1. The normalized spacial score (nSPS) is 13.9. The minimum Gasteiger partial charge on any atom is -0.481 e. The number of fused-ring (bicyclic) bond motifs is 3. The average molecular weight is 525 g/mol. The summed E-state index contributed by atoms with van der Waals surface area (Å²) in [6.45, 7) is 3.61. The highest BCUT2D eigenvalue weighted by molar-refractivity contribution is 7.16. The molecule has 36 heavy (non-hydrogen) atoms. The van der Waals surface area contributed by atoms with Gasteiger partial charge in [0.05, 0.1) is 23.2 Å². The number of hydrogen-bond acceptors (Lipinski definition) is 9. The molecule has 0 spiro atoms. The van der Waals surface area contributed by atoms with Crippen LogP contribution in [0.4, 0.5) is 18.3 Å². The number of halogens is 3. The second kappa shape index (κ2) is 9.90. The molecule has 1 amide bonds. The maximum atomic E-state index is 13.3. The van der Waals surface area contributed by atoms with Crippen molar-refractivity contribution in [2.75, 3.05) is 26.3 Å². The number of thiazole rings is 1. The number of methoxy groups -OCH3 is 2. The van der Waals surface area contributed by atoms with Gasteiger partial charge in [0, 0.05) is 12.7 Å². The Morgan fingerprint density at radius 1 is 1.17 bits per heavy atom. The van der Waals surface area contributed by atoms with E-state index in [0.29, 0.717) is 29.0 Å². The SMILES string of the molecule is CCC1(CC)Oc2cc(C(F)(F)F)ccc2-c2nc(NC(=O)c3c(OC)ncnc3OCOC)sc21. The van der Waals surface area contributed by atoms with Crippen molar-refractivity contribution in [1.29, 1.82) is 0 Å². The molecule has 0 unspecified atom stereocenters. The summed E-state index contributed by atoms with van der Waals surface area (Å²) in [5.74, 6) is -0.610. The molecule has 192 valence electrons. The van der Waals surface area contributed by atoms with E-state index in [2.05, 4.69) is 20.3 Å². The molecule has 9 nitrogen and oxygen atoms in total. The molecule has 0 aliphatic carbocycles. The van der Waals surface area contributed by atoms with E-state index in [1.807, 2.05) is 13.8 Å². The van der Waals surface area contributed by atoms with Crippen LogP contribution in [-0.2, 0) is 16.5 Å². The van der Waals surface area contributed by atoms with Gasteiger partial charge in [0.15, 0.2) is 17.5 Å². The Labute approximate surface area is 208 Å². The van der Waals surface area contributed by atoms with E-state index in [-0.39, 0.29) is 35.0 Å². The summed E-state index contributed by atoms with van der Waals surface area (Å²) in [6.07, 6.45) is -2.36. The Bertz CT molecular complexity index is 1280. The number of amides is 1. The van der Waals surface area contributed by atoms with Gasteiger partial charge in [-0.15, -0.1) is 0 Å². The van der Waals surface area contributed by atoms with Crippen molar-refractivity contribution in [3.63, 3.8) is 0 Å². The van der Waals surface area contributed by atoms with E-state index >= 15 is 0 Å². The maximum Gasteiger partial charge on any atom is 0.416 e. The zero-order chi connectivity index (χ0) is 26.1. The molecule has 1 N–H and O–H groups in total. The van der Waals surface area contributed by atoms with Crippen molar-refractivity contribution in [1.82, 2.24) is 15.0 Å². The molecular weight excluding hydrogens is 501 g/mol. The molecule has 0 fully saturated rings. The van der Waals surface area contributed by atoms with Gasteiger partial charge in [-0.3, -0.25) is 10.1 Å². The first-order chi connectivity index (χ1) is 17.2. The number of carbonyl (C=O) groups is 1. The Kier molecular flexibility index (Phi) is 7.05. The Hall–Kier alpha value is -3.45. The number of nitrogens with one attached hydrogen (secondary N) is 1. The van der Waals surface area contributed by atoms with E-state index in [9.17, 15) is 18.0 Å². The summed E-state index contributed by atoms with van der Waals surface area (Å²) in [5, 5.41) is 2.93. The van der Waals surface area contributed by atoms with E-state index in [1.54, 1.807) is 0 Å². The van der Waals surface area contributed by atoms with Crippen molar-refractivity contribution in [3.8, 4) is 28.8 Å². The minimum atomic E-state index is -4.51. The van der Waals surface area contributed by atoms with Gasteiger partial charge in [0.2, 0.25) is 11.8 Å². The van der Waals surface area contributed by atoms with Crippen molar-refractivity contribution < 1.29 is 36.9 Å². The fourth-order valence-electron chi connectivity index (χ4n) is 3.90. The molecule has 0 atom stereocenters. The molecule has 0 bridgehead atoms. The summed E-state index contributed by atoms with van der Waals surface area (Å²) < 4.78 is 61.6. The first-order valence-electron chi connectivity index (χ1n) is 10.9. The van der Waals surface area contributed by atoms with Gasteiger partial charge in [0.1, 0.15) is 17.7 Å². The van der Waals surface area contributed by atoms with Crippen LogP contribution in [0, 0.1) is 0 Å². The van der Waals surface area contributed by atoms with Crippen molar-refractivity contribution in [2.45, 2.75) is 38.5 Å². The summed E-state index contributed by atoms with van der Waals surface area (Å²) in [6, 6.07) is 3.31. The van der Waals surface area contributed by atoms with Crippen LogP contribution in [0.3, 0.4) is 0 Å². The van der Waals surface area contributed by atoms with Gasteiger partial charge >= 0.3 is 6.18 Å². The lowest BCUT2D eigenvalue weighted by Gasteiger charge is -2.36. The van der Waals surface area contributed by atoms with Crippen LogP contribution < -0.4 is 19.5 Å². The molecule has 1 aromatic carbocycles. The summed E-state index contributed by atoms with van der Waals surface area (Å²) in [4.78, 5) is 26.4. The highest BCUT2D eigenvalue weighted by Gasteiger charge is 2.43. The monoisotopic (exact) mass is 524 g/mol.